The third kappa shape index (κ3) is 0.417. The third-order valence-corrected chi connectivity index (χ3v) is 1.85. The molecule has 0 radical (unpaired) electrons. The van der Waals surface area contributed by atoms with E-state index in [4.69, 9.17) is 18.9 Å². The predicted octanol–water partition coefficient (Wildman–Crippen LogP) is -0.518. The summed E-state index contributed by atoms with van der Waals surface area (Å²) in [5.74, 6) is -2.64. The summed E-state index contributed by atoms with van der Waals surface area (Å²) in [6, 6.07) is 0. The van der Waals surface area contributed by atoms with Gasteiger partial charge in [-0.25, -0.2) is 4.79 Å². The molecule has 11 heavy (non-hydrogen) atoms. The SMILES string of the molecule is C=CC(=O)OC12OC3(OC13)O2. The summed E-state index contributed by atoms with van der Waals surface area (Å²) in [6.07, 6.45) is 0.834. The van der Waals surface area contributed by atoms with Gasteiger partial charge in [0.05, 0.1) is 0 Å². The van der Waals surface area contributed by atoms with Crippen molar-refractivity contribution in [3.8, 4) is 0 Å². The maximum atomic E-state index is 10.7. The smallest absolute Gasteiger partial charge is 0.374 e. The van der Waals surface area contributed by atoms with E-state index >= 15 is 0 Å². The minimum atomic E-state index is -1.23. The van der Waals surface area contributed by atoms with Crippen molar-refractivity contribution in [2.45, 2.75) is 18.1 Å². The van der Waals surface area contributed by atoms with Crippen LogP contribution in [0, 0.1) is 0 Å². The van der Waals surface area contributed by atoms with Crippen LogP contribution in [0.3, 0.4) is 0 Å². The first-order valence-electron chi connectivity index (χ1n) is 3.14. The second-order valence-electron chi connectivity index (χ2n) is 2.53. The first kappa shape index (κ1) is 5.70. The number of hydrogen-bond acceptors (Lipinski definition) is 5. The lowest BCUT2D eigenvalue weighted by Crippen LogP contribution is -2.74. The van der Waals surface area contributed by atoms with Gasteiger partial charge >= 0.3 is 17.9 Å². The molecular weight excluding hydrogens is 152 g/mol. The van der Waals surface area contributed by atoms with Crippen molar-refractivity contribution in [1.29, 1.82) is 0 Å². The van der Waals surface area contributed by atoms with E-state index in [1.54, 1.807) is 0 Å². The third-order valence-electron chi connectivity index (χ3n) is 1.85. The Labute approximate surface area is 61.5 Å². The van der Waals surface area contributed by atoms with Crippen molar-refractivity contribution in [3.63, 3.8) is 0 Å². The van der Waals surface area contributed by atoms with Gasteiger partial charge in [0, 0.05) is 6.08 Å². The second-order valence-corrected chi connectivity index (χ2v) is 2.53. The maximum Gasteiger partial charge on any atom is 0.374 e. The van der Waals surface area contributed by atoms with Crippen molar-refractivity contribution in [1.82, 2.24) is 0 Å². The largest absolute Gasteiger partial charge is 0.402 e. The normalized spacial score (nSPS) is 54.7. The molecule has 4 saturated heterocycles. The molecule has 0 aliphatic carbocycles. The van der Waals surface area contributed by atoms with Crippen LogP contribution in [-0.4, -0.2) is 24.0 Å². The first-order chi connectivity index (χ1) is 5.21. The number of hydrogen-bond donors (Lipinski definition) is 0. The summed E-state index contributed by atoms with van der Waals surface area (Å²) in [7, 11) is 0. The van der Waals surface area contributed by atoms with E-state index in [1.807, 2.05) is 0 Å². The summed E-state index contributed by atoms with van der Waals surface area (Å²) in [5, 5.41) is 0. The van der Waals surface area contributed by atoms with Gasteiger partial charge in [-0.15, -0.1) is 0 Å². The quantitative estimate of drug-likeness (QED) is 0.306. The second kappa shape index (κ2) is 1.22. The van der Waals surface area contributed by atoms with Crippen LogP contribution < -0.4 is 0 Å². The molecule has 0 aromatic rings. The molecule has 0 aromatic heterocycles. The Morgan fingerprint density at radius 1 is 1.64 bits per heavy atom. The fraction of sp³-hybridized carbons (Fsp3) is 0.500. The first-order valence-corrected chi connectivity index (χ1v) is 3.14. The van der Waals surface area contributed by atoms with Gasteiger partial charge in [0.1, 0.15) is 0 Å². The van der Waals surface area contributed by atoms with Crippen molar-refractivity contribution < 1.29 is 23.7 Å². The van der Waals surface area contributed by atoms with E-state index in [0.717, 1.165) is 6.08 Å². The Morgan fingerprint density at radius 2 is 2.36 bits per heavy atom. The number of epoxide rings is 1. The topological polar surface area (TPSA) is 57.3 Å². The van der Waals surface area contributed by atoms with Gasteiger partial charge in [0.15, 0.2) is 0 Å². The van der Waals surface area contributed by atoms with Gasteiger partial charge in [-0.05, 0) is 0 Å². The lowest BCUT2D eigenvalue weighted by Gasteiger charge is -2.50. The van der Waals surface area contributed by atoms with Gasteiger partial charge < -0.3 is 9.47 Å². The Balaban J connectivity index is 1.73. The van der Waals surface area contributed by atoms with Crippen molar-refractivity contribution >= 4 is 5.97 Å². The number of carbonyl (C=O) groups is 1. The number of rotatable bonds is 2. The molecular formula is C6H4O5. The summed E-state index contributed by atoms with van der Waals surface area (Å²) in [6.45, 7) is 3.23. The fourth-order valence-corrected chi connectivity index (χ4v) is 1.25. The van der Waals surface area contributed by atoms with Crippen LogP contribution in [0.5, 0.6) is 0 Å². The van der Waals surface area contributed by atoms with Crippen LogP contribution in [0.1, 0.15) is 0 Å². The lowest BCUT2D eigenvalue weighted by atomic mass is 10.1. The summed E-state index contributed by atoms with van der Waals surface area (Å²) in [5.41, 5.74) is 0. The highest BCUT2D eigenvalue weighted by molar-refractivity contribution is 5.81. The number of esters is 1. The highest BCUT2D eigenvalue weighted by Crippen LogP contribution is 2.72. The molecule has 4 fully saturated rings. The average molecular weight is 156 g/mol. The average Bonchev–Trinajstić information content (AvgIpc) is 2.45. The van der Waals surface area contributed by atoms with E-state index in [0.29, 0.717) is 0 Å². The number of carbonyl (C=O) groups excluding carboxylic acids is 1. The van der Waals surface area contributed by atoms with Gasteiger partial charge in [-0.1, -0.05) is 6.58 Å². The van der Waals surface area contributed by atoms with Crippen LogP contribution in [0.4, 0.5) is 0 Å². The van der Waals surface area contributed by atoms with Gasteiger partial charge in [-0.3, -0.25) is 9.47 Å². The monoisotopic (exact) mass is 156 g/mol. The molecule has 1 spiro atoms. The van der Waals surface area contributed by atoms with E-state index < -0.39 is 17.9 Å². The standard InChI is InChI=1S/C6H4O5/c1-2-3(7)8-5-4-6(9-4,10-5)11-5/h2,4H,1H2. The lowest BCUT2D eigenvalue weighted by molar-refractivity contribution is -0.618. The highest BCUT2D eigenvalue weighted by atomic mass is 17.2. The zero-order valence-corrected chi connectivity index (χ0v) is 5.40. The van der Waals surface area contributed by atoms with Crippen LogP contribution in [-0.2, 0) is 23.7 Å². The minimum absolute atomic E-state index is 0.209. The van der Waals surface area contributed by atoms with E-state index in [2.05, 4.69) is 6.58 Å². The van der Waals surface area contributed by atoms with Crippen molar-refractivity contribution in [2.75, 3.05) is 0 Å². The van der Waals surface area contributed by atoms with Gasteiger partial charge in [0.2, 0.25) is 6.10 Å². The van der Waals surface area contributed by atoms with Gasteiger partial charge in [0.25, 0.3) is 0 Å². The van der Waals surface area contributed by atoms with Crippen LogP contribution >= 0.6 is 0 Å². The molecule has 58 valence electrons. The fourth-order valence-electron chi connectivity index (χ4n) is 1.25. The molecule has 4 heterocycles. The molecule has 2 bridgehead atoms. The van der Waals surface area contributed by atoms with Crippen LogP contribution in [0.15, 0.2) is 12.7 Å². The molecule has 0 aromatic carbocycles. The molecule has 5 heteroatoms. The van der Waals surface area contributed by atoms with Crippen molar-refractivity contribution in [3.05, 3.63) is 12.7 Å². The van der Waals surface area contributed by atoms with Crippen LogP contribution in [0.25, 0.3) is 0 Å². The number of ether oxygens (including phenoxy) is 4. The molecule has 0 amide bonds. The Hall–Kier alpha value is -0.910. The zero-order valence-electron chi connectivity index (χ0n) is 5.40. The summed E-state index contributed by atoms with van der Waals surface area (Å²) in [4.78, 5) is 10.7. The zero-order chi connectivity index (χ0) is 7.69. The molecule has 5 nitrogen and oxygen atoms in total. The predicted molar refractivity (Wildman–Crippen MR) is 28.8 cm³/mol. The van der Waals surface area contributed by atoms with E-state index in [-0.39, 0.29) is 6.10 Å². The maximum absolute atomic E-state index is 10.7. The molecule has 4 rings (SSSR count). The molecule has 4 aliphatic rings. The molecule has 1 atom stereocenters. The molecule has 0 N–H and O–H groups in total. The Bertz CT molecular complexity index is 264. The molecule has 4 aliphatic heterocycles. The Morgan fingerprint density at radius 3 is 2.73 bits per heavy atom. The summed E-state index contributed by atoms with van der Waals surface area (Å²) < 4.78 is 19.4. The molecule has 0 saturated carbocycles. The van der Waals surface area contributed by atoms with Crippen molar-refractivity contribution in [2.24, 2.45) is 0 Å². The Kier molecular flexibility index (Phi) is 0.632. The van der Waals surface area contributed by atoms with Crippen LogP contribution in [0.2, 0.25) is 0 Å². The van der Waals surface area contributed by atoms with E-state index in [9.17, 15) is 4.79 Å². The van der Waals surface area contributed by atoms with Gasteiger partial charge in [-0.2, -0.15) is 0 Å². The summed E-state index contributed by atoms with van der Waals surface area (Å²) >= 11 is 0. The van der Waals surface area contributed by atoms with E-state index in [1.165, 1.54) is 0 Å². The molecule has 1 unspecified atom stereocenters. The minimum Gasteiger partial charge on any atom is -0.402 e. The highest BCUT2D eigenvalue weighted by Gasteiger charge is 3.00.